The summed E-state index contributed by atoms with van der Waals surface area (Å²) in [7, 11) is 1.61. The molecule has 1 unspecified atom stereocenters. The molecule has 1 rings (SSSR count). The summed E-state index contributed by atoms with van der Waals surface area (Å²) in [5, 5.41) is 9.27. The van der Waals surface area contributed by atoms with Crippen LogP contribution in [0.5, 0.6) is 5.75 Å². The van der Waals surface area contributed by atoms with Crippen LogP contribution in [0.25, 0.3) is 0 Å². The minimum atomic E-state index is -0.816. The molecule has 1 N–H and O–H groups in total. The Morgan fingerprint density at radius 1 is 1.33 bits per heavy atom. The summed E-state index contributed by atoms with van der Waals surface area (Å²) in [6, 6.07) is 4.06. The quantitative estimate of drug-likeness (QED) is 0.869. The van der Waals surface area contributed by atoms with E-state index in [4.69, 9.17) is 4.74 Å². The maximum absolute atomic E-state index is 11.3. The molecule has 0 saturated carbocycles. The highest BCUT2D eigenvalue weighted by molar-refractivity contribution is 5.78. The summed E-state index contributed by atoms with van der Waals surface area (Å²) in [6.07, 6.45) is 0.834. The van der Waals surface area contributed by atoms with Gasteiger partial charge in [-0.1, -0.05) is 32.9 Å². The fourth-order valence-corrected chi connectivity index (χ4v) is 2.25. The summed E-state index contributed by atoms with van der Waals surface area (Å²) < 4.78 is 5.47. The molecule has 1 aromatic carbocycles. The molecule has 0 aromatic heterocycles. The van der Waals surface area contributed by atoms with Crippen molar-refractivity contribution >= 4 is 5.97 Å². The van der Waals surface area contributed by atoms with Crippen LogP contribution in [0, 0.1) is 0 Å². The Balaban J connectivity index is 3.52. The normalized spacial score (nSPS) is 12.6. The monoisotopic (exact) mass is 250 g/mol. The number of carboxylic acid groups (broad SMARTS) is 1. The van der Waals surface area contributed by atoms with Crippen LogP contribution in [0.4, 0.5) is 0 Å². The molecule has 3 heteroatoms. The van der Waals surface area contributed by atoms with Crippen LogP contribution in [-0.4, -0.2) is 18.2 Å². The summed E-state index contributed by atoms with van der Waals surface area (Å²) in [5.41, 5.74) is 2.93. The van der Waals surface area contributed by atoms with Crippen molar-refractivity contribution in [2.24, 2.45) is 0 Å². The number of carboxylic acids is 1. The van der Waals surface area contributed by atoms with Crippen LogP contribution >= 0.6 is 0 Å². The van der Waals surface area contributed by atoms with E-state index in [-0.39, 0.29) is 5.92 Å². The lowest BCUT2D eigenvalue weighted by atomic mass is 9.87. The highest BCUT2D eigenvalue weighted by Gasteiger charge is 2.24. The first-order valence-corrected chi connectivity index (χ1v) is 6.36. The van der Waals surface area contributed by atoms with E-state index in [0.717, 1.165) is 28.9 Å². The fraction of sp³-hybridized carbons (Fsp3) is 0.533. The van der Waals surface area contributed by atoms with Gasteiger partial charge in [-0.3, -0.25) is 4.79 Å². The van der Waals surface area contributed by atoms with E-state index in [0.29, 0.717) is 0 Å². The average molecular weight is 250 g/mol. The van der Waals surface area contributed by atoms with Gasteiger partial charge in [-0.2, -0.15) is 0 Å². The van der Waals surface area contributed by atoms with Crippen molar-refractivity contribution < 1.29 is 14.6 Å². The summed E-state index contributed by atoms with van der Waals surface area (Å²) in [4.78, 5) is 11.3. The second-order valence-corrected chi connectivity index (χ2v) is 4.83. The molecule has 18 heavy (non-hydrogen) atoms. The van der Waals surface area contributed by atoms with E-state index in [2.05, 4.69) is 13.8 Å². The maximum atomic E-state index is 11.3. The van der Waals surface area contributed by atoms with Gasteiger partial charge >= 0.3 is 5.97 Å². The van der Waals surface area contributed by atoms with E-state index < -0.39 is 11.9 Å². The van der Waals surface area contributed by atoms with Crippen LogP contribution in [0.3, 0.4) is 0 Å². The van der Waals surface area contributed by atoms with Gasteiger partial charge in [0.05, 0.1) is 13.0 Å². The van der Waals surface area contributed by atoms with Gasteiger partial charge in [-0.15, -0.1) is 0 Å². The largest absolute Gasteiger partial charge is 0.496 e. The predicted molar refractivity (Wildman–Crippen MR) is 72.5 cm³/mol. The molecule has 1 atom stereocenters. The lowest BCUT2D eigenvalue weighted by Gasteiger charge is -2.21. The molecule has 0 heterocycles. The topological polar surface area (TPSA) is 46.5 Å². The highest BCUT2D eigenvalue weighted by atomic mass is 16.5. The molecule has 0 amide bonds. The van der Waals surface area contributed by atoms with E-state index in [9.17, 15) is 9.90 Å². The van der Waals surface area contributed by atoms with Gasteiger partial charge in [0.2, 0.25) is 0 Å². The van der Waals surface area contributed by atoms with Crippen LogP contribution < -0.4 is 4.74 Å². The maximum Gasteiger partial charge on any atom is 0.310 e. The number of aryl methyl sites for hydroxylation is 1. The molecular weight excluding hydrogens is 228 g/mol. The third-order valence-electron chi connectivity index (χ3n) is 3.32. The number of carbonyl (C=O) groups is 1. The Kier molecular flexibility index (Phi) is 4.76. The zero-order valence-corrected chi connectivity index (χ0v) is 11.8. The SMILES string of the molecule is CCc1ccc(C(C)C)c(C(C)C(=O)O)c1OC. The molecule has 3 nitrogen and oxygen atoms in total. The average Bonchev–Trinajstić information content (AvgIpc) is 2.35. The summed E-state index contributed by atoms with van der Waals surface area (Å²) in [6.45, 7) is 7.89. The zero-order chi connectivity index (χ0) is 13.9. The predicted octanol–water partition coefficient (Wildman–Crippen LogP) is 3.57. The Morgan fingerprint density at radius 3 is 2.33 bits per heavy atom. The first kappa shape index (κ1) is 14.6. The molecule has 0 aliphatic carbocycles. The smallest absolute Gasteiger partial charge is 0.310 e. The van der Waals surface area contributed by atoms with Crippen LogP contribution in [0.2, 0.25) is 0 Å². The van der Waals surface area contributed by atoms with Gasteiger partial charge in [0.15, 0.2) is 0 Å². The highest BCUT2D eigenvalue weighted by Crippen LogP contribution is 2.37. The number of rotatable bonds is 5. The van der Waals surface area contributed by atoms with E-state index >= 15 is 0 Å². The minimum absolute atomic E-state index is 0.279. The number of hydrogen-bond acceptors (Lipinski definition) is 2. The number of hydrogen-bond donors (Lipinski definition) is 1. The number of aliphatic carboxylic acids is 1. The molecule has 0 aliphatic rings. The number of benzene rings is 1. The minimum Gasteiger partial charge on any atom is -0.496 e. The zero-order valence-electron chi connectivity index (χ0n) is 11.8. The van der Waals surface area contributed by atoms with Crippen LogP contribution in [-0.2, 0) is 11.2 Å². The second kappa shape index (κ2) is 5.89. The van der Waals surface area contributed by atoms with Crippen molar-refractivity contribution in [1.29, 1.82) is 0 Å². The molecular formula is C15H22O3. The summed E-state index contributed by atoms with van der Waals surface area (Å²) in [5.74, 6) is -0.354. The number of ether oxygens (including phenoxy) is 1. The van der Waals surface area contributed by atoms with Crippen molar-refractivity contribution in [1.82, 2.24) is 0 Å². The third-order valence-corrected chi connectivity index (χ3v) is 3.32. The first-order valence-electron chi connectivity index (χ1n) is 6.36. The fourth-order valence-electron chi connectivity index (χ4n) is 2.25. The molecule has 0 spiro atoms. The van der Waals surface area contributed by atoms with E-state index in [1.165, 1.54) is 0 Å². The Labute approximate surface area is 109 Å². The molecule has 0 bridgehead atoms. The van der Waals surface area contributed by atoms with Crippen molar-refractivity contribution in [3.8, 4) is 5.75 Å². The number of methoxy groups -OCH3 is 1. The van der Waals surface area contributed by atoms with Gasteiger partial charge in [-0.25, -0.2) is 0 Å². The molecule has 0 aliphatic heterocycles. The molecule has 0 fully saturated rings. The van der Waals surface area contributed by atoms with E-state index in [1.54, 1.807) is 14.0 Å². The van der Waals surface area contributed by atoms with Gasteiger partial charge in [-0.05, 0) is 30.4 Å². The van der Waals surface area contributed by atoms with Crippen molar-refractivity contribution in [2.45, 2.75) is 46.0 Å². The second-order valence-electron chi connectivity index (χ2n) is 4.83. The Bertz CT molecular complexity index is 436. The third kappa shape index (κ3) is 2.66. The Hall–Kier alpha value is -1.51. The van der Waals surface area contributed by atoms with Gasteiger partial charge in [0, 0.05) is 5.56 Å². The molecule has 0 saturated heterocycles. The van der Waals surface area contributed by atoms with Gasteiger partial charge in [0.1, 0.15) is 5.75 Å². The molecule has 0 radical (unpaired) electrons. The standard InChI is InChI=1S/C15H22O3/c1-6-11-7-8-12(9(2)3)13(14(11)18-5)10(4)15(16)17/h7-10H,6H2,1-5H3,(H,16,17). The molecule has 1 aromatic rings. The lowest BCUT2D eigenvalue weighted by molar-refractivity contribution is -0.138. The van der Waals surface area contributed by atoms with Crippen molar-refractivity contribution in [2.75, 3.05) is 7.11 Å². The van der Waals surface area contributed by atoms with Crippen LogP contribution in [0.15, 0.2) is 12.1 Å². The lowest BCUT2D eigenvalue weighted by Crippen LogP contribution is -2.13. The van der Waals surface area contributed by atoms with E-state index in [1.807, 2.05) is 19.1 Å². The van der Waals surface area contributed by atoms with Gasteiger partial charge in [0.25, 0.3) is 0 Å². The first-order chi connectivity index (χ1) is 8.43. The Morgan fingerprint density at radius 2 is 1.94 bits per heavy atom. The molecule has 100 valence electrons. The van der Waals surface area contributed by atoms with Gasteiger partial charge < -0.3 is 9.84 Å². The van der Waals surface area contributed by atoms with Crippen molar-refractivity contribution in [3.05, 3.63) is 28.8 Å². The van der Waals surface area contributed by atoms with Crippen molar-refractivity contribution in [3.63, 3.8) is 0 Å². The summed E-state index contributed by atoms with van der Waals surface area (Å²) >= 11 is 0. The van der Waals surface area contributed by atoms with Crippen LogP contribution in [0.1, 0.15) is 56.2 Å².